The second-order valence-electron chi connectivity index (χ2n) is 6.16. The average molecular weight is 344 g/mol. The van der Waals surface area contributed by atoms with Crippen molar-refractivity contribution in [1.82, 2.24) is 9.78 Å². The van der Waals surface area contributed by atoms with Gasteiger partial charge in [0, 0.05) is 12.4 Å². The summed E-state index contributed by atoms with van der Waals surface area (Å²) in [5.41, 5.74) is 2.14. The van der Waals surface area contributed by atoms with E-state index >= 15 is 0 Å². The van der Waals surface area contributed by atoms with E-state index in [2.05, 4.69) is 29.4 Å². The predicted octanol–water partition coefficient (Wildman–Crippen LogP) is 4.33. The molecule has 0 radical (unpaired) electrons. The lowest BCUT2D eigenvalue weighted by atomic mass is 9.96. The molecule has 0 aliphatic heterocycles. The van der Waals surface area contributed by atoms with Crippen molar-refractivity contribution >= 4 is 10.8 Å². The number of ether oxygens (including phenoxy) is 1. The fourth-order valence-corrected chi connectivity index (χ4v) is 3.19. The van der Waals surface area contributed by atoms with Gasteiger partial charge in [-0.25, -0.2) is 4.68 Å². The minimum Gasteiger partial charge on any atom is -0.370 e. The fourth-order valence-electron chi connectivity index (χ4n) is 3.19. The molecule has 0 saturated carbocycles. The standard InChI is InChI=1S/C22H20N2O2/c25-21(24-15-7-14-23-24)16-26-22(18-9-2-1-3-10-18)20-13-6-11-17-8-4-5-12-19(17)20/h1-15,21-22,25H,16H2. The molecule has 0 saturated heterocycles. The largest absolute Gasteiger partial charge is 0.370 e. The highest BCUT2D eigenvalue weighted by Gasteiger charge is 2.19. The molecule has 0 bridgehead atoms. The van der Waals surface area contributed by atoms with Gasteiger partial charge in [-0.2, -0.15) is 5.10 Å². The topological polar surface area (TPSA) is 47.3 Å². The van der Waals surface area contributed by atoms with Crippen LogP contribution in [0.1, 0.15) is 23.5 Å². The molecule has 0 amide bonds. The van der Waals surface area contributed by atoms with Gasteiger partial charge in [-0.3, -0.25) is 0 Å². The van der Waals surface area contributed by atoms with Crippen molar-refractivity contribution in [1.29, 1.82) is 0 Å². The molecule has 2 atom stereocenters. The third-order valence-electron chi connectivity index (χ3n) is 4.45. The molecule has 0 spiro atoms. The molecule has 26 heavy (non-hydrogen) atoms. The highest BCUT2D eigenvalue weighted by molar-refractivity contribution is 5.86. The van der Waals surface area contributed by atoms with Gasteiger partial charge in [0.25, 0.3) is 0 Å². The molecular formula is C22H20N2O2. The second kappa shape index (κ2) is 7.52. The Bertz CT molecular complexity index is 963. The van der Waals surface area contributed by atoms with Gasteiger partial charge in [0.05, 0.1) is 6.61 Å². The van der Waals surface area contributed by atoms with E-state index in [0.717, 1.165) is 16.5 Å². The fraction of sp³-hybridized carbons (Fsp3) is 0.136. The molecule has 0 aliphatic rings. The van der Waals surface area contributed by atoms with Crippen LogP contribution < -0.4 is 0 Å². The summed E-state index contributed by atoms with van der Waals surface area (Å²) in [6.07, 6.45) is 2.27. The Labute approximate surface area is 152 Å². The van der Waals surface area contributed by atoms with Crippen molar-refractivity contribution in [2.24, 2.45) is 0 Å². The third-order valence-corrected chi connectivity index (χ3v) is 4.45. The van der Waals surface area contributed by atoms with Crippen LogP contribution in [-0.2, 0) is 4.74 Å². The Kier molecular flexibility index (Phi) is 4.78. The molecule has 3 aromatic carbocycles. The molecule has 1 aromatic heterocycles. The van der Waals surface area contributed by atoms with Crippen molar-refractivity contribution in [3.63, 3.8) is 0 Å². The summed E-state index contributed by atoms with van der Waals surface area (Å²) in [7, 11) is 0. The molecule has 0 aliphatic carbocycles. The van der Waals surface area contributed by atoms with Crippen molar-refractivity contribution in [3.8, 4) is 0 Å². The normalized spacial score (nSPS) is 13.6. The van der Waals surface area contributed by atoms with Gasteiger partial charge in [0.15, 0.2) is 6.23 Å². The first-order valence-electron chi connectivity index (χ1n) is 8.64. The second-order valence-corrected chi connectivity index (χ2v) is 6.16. The molecule has 1 heterocycles. The summed E-state index contributed by atoms with van der Waals surface area (Å²) in [4.78, 5) is 0. The van der Waals surface area contributed by atoms with Crippen LogP contribution in [0.5, 0.6) is 0 Å². The number of benzene rings is 3. The summed E-state index contributed by atoms with van der Waals surface area (Å²) < 4.78 is 7.69. The Balaban J connectivity index is 1.69. The van der Waals surface area contributed by atoms with Crippen LogP contribution >= 0.6 is 0 Å². The van der Waals surface area contributed by atoms with Crippen LogP contribution in [-0.4, -0.2) is 21.5 Å². The lowest BCUT2D eigenvalue weighted by Gasteiger charge is -2.22. The molecule has 1 N–H and O–H groups in total. The zero-order valence-electron chi connectivity index (χ0n) is 14.3. The number of fused-ring (bicyclic) bond motifs is 1. The van der Waals surface area contributed by atoms with Crippen molar-refractivity contribution in [3.05, 3.63) is 102 Å². The van der Waals surface area contributed by atoms with Crippen LogP contribution in [0.4, 0.5) is 0 Å². The molecule has 4 rings (SSSR count). The summed E-state index contributed by atoms with van der Waals surface area (Å²) in [6.45, 7) is 0.143. The van der Waals surface area contributed by atoms with E-state index in [1.165, 1.54) is 10.1 Å². The smallest absolute Gasteiger partial charge is 0.170 e. The summed E-state index contributed by atoms with van der Waals surface area (Å²) >= 11 is 0. The van der Waals surface area contributed by atoms with Crippen molar-refractivity contribution in [2.45, 2.75) is 12.3 Å². The Morgan fingerprint density at radius 3 is 2.46 bits per heavy atom. The lowest BCUT2D eigenvalue weighted by Crippen LogP contribution is -2.18. The zero-order valence-corrected chi connectivity index (χ0v) is 14.3. The first-order chi connectivity index (χ1) is 12.8. The molecule has 2 unspecified atom stereocenters. The van der Waals surface area contributed by atoms with Crippen LogP contribution in [0.15, 0.2) is 91.3 Å². The Hall–Kier alpha value is -2.95. The highest BCUT2D eigenvalue weighted by Crippen LogP contribution is 2.32. The first kappa shape index (κ1) is 16.5. The van der Waals surface area contributed by atoms with Gasteiger partial charge in [-0.1, -0.05) is 72.8 Å². The van der Waals surface area contributed by atoms with Gasteiger partial charge in [0.2, 0.25) is 0 Å². The average Bonchev–Trinajstić information content (AvgIpc) is 3.24. The van der Waals surface area contributed by atoms with Gasteiger partial charge >= 0.3 is 0 Å². The summed E-state index contributed by atoms with van der Waals surface area (Å²) in [5, 5.41) is 16.7. The van der Waals surface area contributed by atoms with Crippen LogP contribution in [0.3, 0.4) is 0 Å². The molecular weight excluding hydrogens is 324 g/mol. The van der Waals surface area contributed by atoms with Crippen LogP contribution in [0.2, 0.25) is 0 Å². The van der Waals surface area contributed by atoms with E-state index in [4.69, 9.17) is 4.74 Å². The molecule has 130 valence electrons. The van der Waals surface area contributed by atoms with E-state index in [1.54, 1.807) is 18.5 Å². The van der Waals surface area contributed by atoms with Gasteiger partial charge < -0.3 is 9.84 Å². The van der Waals surface area contributed by atoms with Crippen LogP contribution in [0.25, 0.3) is 10.8 Å². The van der Waals surface area contributed by atoms with E-state index in [0.29, 0.717) is 0 Å². The number of hydrogen-bond acceptors (Lipinski definition) is 3. The molecule has 4 aromatic rings. The number of aromatic nitrogens is 2. The number of nitrogens with zero attached hydrogens (tertiary/aromatic N) is 2. The van der Waals surface area contributed by atoms with Gasteiger partial charge in [0.1, 0.15) is 6.10 Å². The van der Waals surface area contributed by atoms with Gasteiger partial charge in [-0.15, -0.1) is 0 Å². The molecule has 0 fully saturated rings. The minimum atomic E-state index is -0.828. The van der Waals surface area contributed by atoms with Crippen molar-refractivity contribution in [2.75, 3.05) is 6.61 Å². The quantitative estimate of drug-likeness (QED) is 0.566. The highest BCUT2D eigenvalue weighted by atomic mass is 16.5. The molecule has 4 nitrogen and oxygen atoms in total. The molecule has 4 heteroatoms. The number of rotatable bonds is 6. The Morgan fingerprint density at radius 2 is 1.65 bits per heavy atom. The monoisotopic (exact) mass is 344 g/mol. The number of hydrogen-bond donors (Lipinski definition) is 1. The van der Waals surface area contributed by atoms with Crippen LogP contribution in [0, 0.1) is 0 Å². The SMILES string of the molecule is OC(COC(c1ccccc1)c1cccc2ccccc12)n1cccn1. The predicted molar refractivity (Wildman–Crippen MR) is 102 cm³/mol. The number of aliphatic hydroxyl groups excluding tert-OH is 1. The summed E-state index contributed by atoms with van der Waals surface area (Å²) in [5.74, 6) is 0. The van der Waals surface area contributed by atoms with Crippen molar-refractivity contribution < 1.29 is 9.84 Å². The van der Waals surface area contributed by atoms with E-state index in [-0.39, 0.29) is 12.7 Å². The lowest BCUT2D eigenvalue weighted by molar-refractivity contribution is -0.0331. The third kappa shape index (κ3) is 3.38. The van der Waals surface area contributed by atoms with E-state index < -0.39 is 6.23 Å². The maximum atomic E-state index is 10.3. The first-order valence-corrected chi connectivity index (χ1v) is 8.64. The number of aliphatic hydroxyl groups is 1. The summed E-state index contributed by atoms with van der Waals surface area (Å²) in [6, 6.07) is 26.4. The van der Waals surface area contributed by atoms with E-state index in [1.807, 2.05) is 48.5 Å². The van der Waals surface area contributed by atoms with E-state index in [9.17, 15) is 5.11 Å². The maximum Gasteiger partial charge on any atom is 0.170 e. The Morgan fingerprint density at radius 1 is 0.885 bits per heavy atom. The minimum absolute atomic E-state index is 0.143. The van der Waals surface area contributed by atoms with Gasteiger partial charge in [-0.05, 0) is 28.0 Å². The maximum absolute atomic E-state index is 10.3. The zero-order chi connectivity index (χ0) is 17.8.